The first-order valence-corrected chi connectivity index (χ1v) is 11.9. The number of ketones is 1. The maximum atomic E-state index is 13.2. The molecule has 2 fully saturated rings. The number of aliphatic hydroxyl groups excluding tert-OH is 1. The van der Waals surface area contributed by atoms with Crippen LogP contribution in [0.3, 0.4) is 0 Å². The molecule has 1 heterocycles. The molecule has 2 aliphatic rings. The third-order valence-corrected chi connectivity index (χ3v) is 7.15. The van der Waals surface area contributed by atoms with Gasteiger partial charge in [0.15, 0.2) is 5.75 Å². The fourth-order valence-electron chi connectivity index (χ4n) is 4.85. The molecule has 33 heavy (non-hydrogen) atoms. The van der Waals surface area contributed by atoms with Crippen molar-refractivity contribution in [2.45, 2.75) is 57.5 Å². The van der Waals surface area contributed by atoms with E-state index in [1.807, 2.05) is 24.3 Å². The van der Waals surface area contributed by atoms with E-state index in [0.29, 0.717) is 5.92 Å². The first kappa shape index (κ1) is 23.7. The van der Waals surface area contributed by atoms with Gasteiger partial charge in [-0.15, -0.1) is 0 Å². The van der Waals surface area contributed by atoms with Crippen molar-refractivity contribution in [3.8, 4) is 5.75 Å². The number of methoxy groups -OCH3 is 1. The first-order chi connectivity index (χ1) is 15.7. The number of hydrogen-bond donors (Lipinski definition) is 1. The third kappa shape index (κ3) is 4.24. The van der Waals surface area contributed by atoms with Gasteiger partial charge in [-0.25, -0.2) is 0 Å². The highest BCUT2D eigenvalue weighted by Gasteiger charge is 2.49. The second-order valence-corrected chi connectivity index (χ2v) is 9.75. The predicted octanol–water partition coefficient (Wildman–Crippen LogP) is 6.49. The number of Topliss-reactive ketones (excluding diaryl/α,β-unsaturated/α-hetero) is 1. The summed E-state index contributed by atoms with van der Waals surface area (Å²) in [7, 11) is 1.45. The molecule has 0 radical (unpaired) electrons. The molecule has 0 aromatic heterocycles. The van der Waals surface area contributed by atoms with Gasteiger partial charge in [0.2, 0.25) is 0 Å². The number of aliphatic hydroxyl groups is 1. The SMILES string of the molecule is COc1c(Cl)cc(/C(O)=C2\C(=O)C(=O)N(C3CCCC3)C2c2ccc(C(C)C)cc2)cc1Cl. The van der Waals surface area contributed by atoms with E-state index in [2.05, 4.69) is 13.8 Å². The van der Waals surface area contributed by atoms with E-state index < -0.39 is 17.7 Å². The Morgan fingerprint density at radius 1 is 1.06 bits per heavy atom. The summed E-state index contributed by atoms with van der Waals surface area (Å²) >= 11 is 12.6. The molecule has 0 bridgehead atoms. The summed E-state index contributed by atoms with van der Waals surface area (Å²) in [5.41, 5.74) is 2.27. The minimum absolute atomic E-state index is 0.0374. The van der Waals surface area contributed by atoms with E-state index in [-0.39, 0.29) is 38.7 Å². The molecule has 174 valence electrons. The molecule has 0 spiro atoms. The second kappa shape index (κ2) is 9.40. The summed E-state index contributed by atoms with van der Waals surface area (Å²) in [6.45, 7) is 4.22. The lowest BCUT2D eigenvalue weighted by Crippen LogP contribution is -2.37. The summed E-state index contributed by atoms with van der Waals surface area (Å²) in [6, 6.07) is 10.2. The van der Waals surface area contributed by atoms with Crippen molar-refractivity contribution >= 4 is 40.7 Å². The summed E-state index contributed by atoms with van der Waals surface area (Å²) in [6.07, 6.45) is 3.70. The number of amides is 1. The van der Waals surface area contributed by atoms with Gasteiger partial charge in [0.1, 0.15) is 5.76 Å². The number of carbonyl (C=O) groups excluding carboxylic acids is 2. The Morgan fingerprint density at radius 3 is 2.15 bits per heavy atom. The minimum Gasteiger partial charge on any atom is -0.507 e. The summed E-state index contributed by atoms with van der Waals surface area (Å²) in [5, 5.41) is 11.7. The molecule has 1 unspecified atom stereocenters. The molecule has 2 aromatic carbocycles. The number of rotatable bonds is 5. The average molecular weight is 488 g/mol. The number of benzene rings is 2. The zero-order valence-electron chi connectivity index (χ0n) is 18.9. The van der Waals surface area contributed by atoms with E-state index in [1.54, 1.807) is 4.90 Å². The Morgan fingerprint density at radius 2 is 1.64 bits per heavy atom. The lowest BCUT2D eigenvalue weighted by Gasteiger charge is -2.31. The van der Waals surface area contributed by atoms with Crippen LogP contribution in [0, 0.1) is 0 Å². The molecule has 1 atom stereocenters. The number of hydrogen-bond acceptors (Lipinski definition) is 4. The number of halogens is 2. The molecule has 1 amide bonds. The molecule has 1 N–H and O–H groups in total. The van der Waals surface area contributed by atoms with E-state index in [1.165, 1.54) is 19.2 Å². The van der Waals surface area contributed by atoms with Gasteiger partial charge in [-0.3, -0.25) is 9.59 Å². The van der Waals surface area contributed by atoms with Gasteiger partial charge in [-0.1, -0.05) is 74.2 Å². The van der Waals surface area contributed by atoms with Gasteiger partial charge in [0.05, 0.1) is 28.8 Å². The van der Waals surface area contributed by atoms with Crippen molar-refractivity contribution in [3.63, 3.8) is 0 Å². The van der Waals surface area contributed by atoms with Crippen LogP contribution in [0.4, 0.5) is 0 Å². The van der Waals surface area contributed by atoms with Gasteiger partial charge in [0.25, 0.3) is 11.7 Å². The van der Waals surface area contributed by atoms with E-state index in [4.69, 9.17) is 27.9 Å². The van der Waals surface area contributed by atoms with Crippen LogP contribution < -0.4 is 4.74 Å². The Labute approximate surface area is 203 Å². The minimum atomic E-state index is -0.694. The molecule has 1 aliphatic carbocycles. The van der Waals surface area contributed by atoms with E-state index in [9.17, 15) is 14.7 Å². The fourth-order valence-corrected chi connectivity index (χ4v) is 5.49. The monoisotopic (exact) mass is 487 g/mol. The highest BCUT2D eigenvalue weighted by atomic mass is 35.5. The third-order valence-electron chi connectivity index (χ3n) is 6.59. The molecule has 2 aromatic rings. The maximum Gasteiger partial charge on any atom is 0.295 e. The van der Waals surface area contributed by atoms with Crippen LogP contribution >= 0.6 is 23.2 Å². The number of carbonyl (C=O) groups is 2. The molecule has 1 saturated heterocycles. The molecule has 1 saturated carbocycles. The lowest BCUT2D eigenvalue weighted by atomic mass is 9.92. The van der Waals surface area contributed by atoms with Gasteiger partial charge in [-0.05, 0) is 42.0 Å². The largest absolute Gasteiger partial charge is 0.507 e. The van der Waals surface area contributed by atoms with Crippen LogP contribution in [-0.4, -0.2) is 34.8 Å². The molecule has 7 heteroatoms. The summed E-state index contributed by atoms with van der Waals surface area (Å²) < 4.78 is 5.19. The molecular weight excluding hydrogens is 461 g/mol. The predicted molar refractivity (Wildman–Crippen MR) is 130 cm³/mol. The van der Waals surface area contributed by atoms with Crippen molar-refractivity contribution in [1.29, 1.82) is 0 Å². The van der Waals surface area contributed by atoms with Crippen molar-refractivity contribution < 1.29 is 19.4 Å². The Kier molecular flexibility index (Phi) is 6.73. The Bertz CT molecular complexity index is 1090. The highest BCUT2D eigenvalue weighted by molar-refractivity contribution is 6.47. The van der Waals surface area contributed by atoms with Gasteiger partial charge in [-0.2, -0.15) is 0 Å². The topological polar surface area (TPSA) is 66.8 Å². The number of ether oxygens (including phenoxy) is 1. The van der Waals surface area contributed by atoms with Crippen molar-refractivity contribution in [3.05, 3.63) is 68.7 Å². The second-order valence-electron chi connectivity index (χ2n) is 8.94. The van der Waals surface area contributed by atoms with Crippen molar-refractivity contribution in [2.24, 2.45) is 0 Å². The standard InChI is InChI=1S/C26H27Cl2NO4/c1-14(2)15-8-10-16(11-9-15)22-21(24(31)26(32)29(22)18-6-4-5-7-18)23(30)17-12-19(27)25(33-3)20(28)13-17/h8-14,18,22,30H,4-7H2,1-3H3/b23-21+. The zero-order valence-corrected chi connectivity index (χ0v) is 20.4. The van der Waals surface area contributed by atoms with Gasteiger partial charge < -0.3 is 14.7 Å². The lowest BCUT2D eigenvalue weighted by molar-refractivity contribution is -0.141. The first-order valence-electron chi connectivity index (χ1n) is 11.2. The Balaban J connectivity index is 1.88. The van der Waals surface area contributed by atoms with Crippen LogP contribution in [0.25, 0.3) is 5.76 Å². The van der Waals surface area contributed by atoms with Crippen molar-refractivity contribution in [2.75, 3.05) is 7.11 Å². The smallest absolute Gasteiger partial charge is 0.295 e. The number of nitrogens with zero attached hydrogens (tertiary/aromatic N) is 1. The maximum absolute atomic E-state index is 13.2. The summed E-state index contributed by atoms with van der Waals surface area (Å²) in [4.78, 5) is 28.1. The summed E-state index contributed by atoms with van der Waals surface area (Å²) in [5.74, 6) is -0.934. The number of likely N-dealkylation sites (tertiary alicyclic amines) is 1. The average Bonchev–Trinajstić information content (AvgIpc) is 3.40. The van der Waals surface area contributed by atoms with Crippen LogP contribution in [0.1, 0.15) is 68.2 Å². The van der Waals surface area contributed by atoms with Gasteiger partial charge >= 0.3 is 0 Å². The molecule has 1 aliphatic heterocycles. The van der Waals surface area contributed by atoms with Crippen LogP contribution in [0.15, 0.2) is 42.0 Å². The van der Waals surface area contributed by atoms with Crippen LogP contribution in [-0.2, 0) is 9.59 Å². The Hall–Kier alpha value is -2.50. The van der Waals surface area contributed by atoms with Crippen LogP contribution in [0.2, 0.25) is 10.0 Å². The van der Waals surface area contributed by atoms with E-state index in [0.717, 1.165) is 36.8 Å². The van der Waals surface area contributed by atoms with E-state index >= 15 is 0 Å². The van der Waals surface area contributed by atoms with Crippen molar-refractivity contribution in [1.82, 2.24) is 4.90 Å². The molecule has 4 rings (SSSR count). The van der Waals surface area contributed by atoms with Crippen LogP contribution in [0.5, 0.6) is 5.75 Å². The normalized spacial score (nSPS) is 20.8. The zero-order chi connectivity index (χ0) is 23.9. The quantitative estimate of drug-likeness (QED) is 0.297. The fraction of sp³-hybridized carbons (Fsp3) is 0.385. The van der Waals surface area contributed by atoms with Gasteiger partial charge in [0, 0.05) is 11.6 Å². The molecule has 5 nitrogen and oxygen atoms in total. The molecular formula is C26H27Cl2NO4. The highest BCUT2D eigenvalue weighted by Crippen LogP contribution is 2.45.